The SMILES string of the molecule is [c]1nc(-c2cccc3sccc23)cs1. The molecule has 3 heteroatoms. The van der Waals surface area contributed by atoms with Gasteiger partial charge in [0.25, 0.3) is 0 Å². The minimum Gasteiger partial charge on any atom is -0.233 e. The van der Waals surface area contributed by atoms with Crippen LogP contribution in [-0.4, -0.2) is 4.98 Å². The van der Waals surface area contributed by atoms with Gasteiger partial charge in [-0.05, 0) is 17.5 Å². The van der Waals surface area contributed by atoms with Crippen molar-refractivity contribution in [2.24, 2.45) is 0 Å². The molecule has 3 rings (SSSR count). The molecule has 2 aromatic heterocycles. The van der Waals surface area contributed by atoms with E-state index in [1.165, 1.54) is 27.0 Å². The molecule has 0 aliphatic heterocycles. The smallest absolute Gasteiger partial charge is 0.152 e. The Bertz CT molecular complexity index is 551. The third kappa shape index (κ3) is 1.17. The van der Waals surface area contributed by atoms with Crippen LogP contribution in [0.5, 0.6) is 0 Å². The lowest BCUT2D eigenvalue weighted by molar-refractivity contribution is 1.41. The van der Waals surface area contributed by atoms with E-state index in [0.717, 1.165) is 5.69 Å². The zero-order chi connectivity index (χ0) is 9.38. The second-order valence-electron chi connectivity index (χ2n) is 2.96. The quantitative estimate of drug-likeness (QED) is 0.602. The summed E-state index contributed by atoms with van der Waals surface area (Å²) in [6.07, 6.45) is 0. The summed E-state index contributed by atoms with van der Waals surface area (Å²) in [5, 5.41) is 5.44. The molecule has 14 heavy (non-hydrogen) atoms. The van der Waals surface area contributed by atoms with Crippen molar-refractivity contribution in [1.82, 2.24) is 4.98 Å². The molecule has 1 nitrogen and oxygen atoms in total. The molecule has 0 saturated heterocycles. The van der Waals surface area contributed by atoms with Crippen LogP contribution < -0.4 is 0 Å². The van der Waals surface area contributed by atoms with Crippen molar-refractivity contribution >= 4 is 32.8 Å². The van der Waals surface area contributed by atoms with Crippen LogP contribution in [0.25, 0.3) is 21.3 Å². The summed E-state index contributed by atoms with van der Waals surface area (Å²) in [6.45, 7) is 0. The number of benzene rings is 1. The summed E-state index contributed by atoms with van der Waals surface area (Å²) >= 11 is 3.28. The number of hydrogen-bond acceptors (Lipinski definition) is 3. The molecule has 0 amide bonds. The molecule has 1 radical (unpaired) electrons. The van der Waals surface area contributed by atoms with Gasteiger partial charge in [0.15, 0.2) is 5.51 Å². The molecular formula is C11H6NS2. The van der Waals surface area contributed by atoms with Gasteiger partial charge in [-0.15, -0.1) is 22.7 Å². The summed E-state index contributed by atoms with van der Waals surface area (Å²) in [6, 6.07) is 8.47. The number of thiophene rings is 1. The van der Waals surface area contributed by atoms with Gasteiger partial charge in [-0.3, -0.25) is 0 Å². The van der Waals surface area contributed by atoms with Gasteiger partial charge in [0, 0.05) is 21.0 Å². The van der Waals surface area contributed by atoms with Gasteiger partial charge < -0.3 is 0 Å². The summed E-state index contributed by atoms with van der Waals surface area (Å²) in [7, 11) is 0. The topological polar surface area (TPSA) is 12.9 Å². The van der Waals surface area contributed by atoms with E-state index in [-0.39, 0.29) is 0 Å². The van der Waals surface area contributed by atoms with Crippen molar-refractivity contribution in [3.8, 4) is 11.3 Å². The van der Waals surface area contributed by atoms with Gasteiger partial charge in [0.2, 0.25) is 0 Å². The first-order chi connectivity index (χ1) is 6.95. The van der Waals surface area contributed by atoms with Gasteiger partial charge in [0.1, 0.15) is 0 Å². The predicted octanol–water partition coefficient (Wildman–Crippen LogP) is 3.82. The van der Waals surface area contributed by atoms with E-state index in [9.17, 15) is 0 Å². The molecule has 1 aromatic carbocycles. The first-order valence-electron chi connectivity index (χ1n) is 4.23. The van der Waals surface area contributed by atoms with Gasteiger partial charge >= 0.3 is 0 Å². The Morgan fingerprint density at radius 3 is 3.07 bits per heavy atom. The maximum atomic E-state index is 4.21. The molecule has 0 N–H and O–H groups in total. The zero-order valence-corrected chi connectivity index (χ0v) is 8.86. The monoisotopic (exact) mass is 216 g/mol. The molecule has 0 spiro atoms. The highest BCUT2D eigenvalue weighted by molar-refractivity contribution is 7.17. The summed E-state index contributed by atoms with van der Waals surface area (Å²) in [5.74, 6) is 0. The number of rotatable bonds is 1. The number of hydrogen-bond donors (Lipinski definition) is 0. The Balaban J connectivity index is 2.36. The van der Waals surface area contributed by atoms with Crippen LogP contribution in [-0.2, 0) is 0 Å². The molecule has 0 unspecified atom stereocenters. The average molecular weight is 216 g/mol. The van der Waals surface area contributed by atoms with Crippen molar-refractivity contribution in [3.05, 3.63) is 40.5 Å². The third-order valence-electron chi connectivity index (χ3n) is 2.16. The highest BCUT2D eigenvalue weighted by atomic mass is 32.1. The van der Waals surface area contributed by atoms with Crippen molar-refractivity contribution in [1.29, 1.82) is 0 Å². The minimum atomic E-state index is 1.03. The van der Waals surface area contributed by atoms with E-state index in [2.05, 4.69) is 40.1 Å². The summed E-state index contributed by atoms with van der Waals surface area (Å²) < 4.78 is 1.32. The van der Waals surface area contributed by atoms with E-state index in [4.69, 9.17) is 0 Å². The number of nitrogens with zero attached hydrogens (tertiary/aromatic N) is 1. The lowest BCUT2D eigenvalue weighted by Gasteiger charge is -1.97. The molecule has 0 atom stereocenters. The highest BCUT2D eigenvalue weighted by Crippen LogP contribution is 2.30. The highest BCUT2D eigenvalue weighted by Gasteiger charge is 2.05. The van der Waals surface area contributed by atoms with Crippen LogP contribution in [0.4, 0.5) is 0 Å². The minimum absolute atomic E-state index is 1.03. The van der Waals surface area contributed by atoms with Crippen LogP contribution >= 0.6 is 22.7 Å². The molecule has 67 valence electrons. The van der Waals surface area contributed by atoms with E-state index >= 15 is 0 Å². The lowest BCUT2D eigenvalue weighted by atomic mass is 10.1. The second kappa shape index (κ2) is 3.19. The molecule has 2 heterocycles. The fourth-order valence-electron chi connectivity index (χ4n) is 1.53. The Labute approximate surface area is 89.7 Å². The van der Waals surface area contributed by atoms with Crippen LogP contribution in [0.3, 0.4) is 0 Å². The van der Waals surface area contributed by atoms with Crippen LogP contribution in [0.2, 0.25) is 0 Å². The average Bonchev–Trinajstić information content (AvgIpc) is 2.88. The molecule has 0 aliphatic rings. The van der Waals surface area contributed by atoms with Crippen molar-refractivity contribution in [2.75, 3.05) is 0 Å². The summed E-state index contributed by atoms with van der Waals surface area (Å²) in [4.78, 5) is 4.21. The van der Waals surface area contributed by atoms with Gasteiger partial charge in [-0.1, -0.05) is 12.1 Å². The lowest BCUT2D eigenvalue weighted by Crippen LogP contribution is -1.76. The van der Waals surface area contributed by atoms with E-state index in [1.54, 1.807) is 11.3 Å². The van der Waals surface area contributed by atoms with Crippen LogP contribution in [0.15, 0.2) is 35.0 Å². The fraction of sp³-hybridized carbons (Fsp3) is 0. The number of thiazole rings is 1. The first-order valence-corrected chi connectivity index (χ1v) is 5.99. The Hall–Kier alpha value is -1.19. The molecule has 0 aliphatic carbocycles. The summed E-state index contributed by atoms with van der Waals surface area (Å²) in [5.41, 5.74) is 5.12. The molecule has 0 fully saturated rings. The fourth-order valence-corrected chi connectivity index (χ4v) is 2.83. The van der Waals surface area contributed by atoms with Crippen LogP contribution in [0, 0.1) is 5.51 Å². The number of fused-ring (bicyclic) bond motifs is 1. The van der Waals surface area contributed by atoms with Crippen molar-refractivity contribution in [3.63, 3.8) is 0 Å². The van der Waals surface area contributed by atoms with E-state index in [0.29, 0.717) is 0 Å². The number of aromatic nitrogens is 1. The van der Waals surface area contributed by atoms with Gasteiger partial charge in [-0.25, -0.2) is 4.98 Å². The van der Waals surface area contributed by atoms with E-state index in [1.807, 2.05) is 5.38 Å². The third-order valence-corrected chi connectivity index (χ3v) is 3.58. The van der Waals surface area contributed by atoms with Crippen LogP contribution in [0.1, 0.15) is 0 Å². The Morgan fingerprint density at radius 2 is 2.21 bits per heavy atom. The van der Waals surface area contributed by atoms with Gasteiger partial charge in [-0.2, -0.15) is 0 Å². The standard InChI is InChI=1S/C11H6NS2/c1-2-8(10-6-13-7-12-10)9-4-5-14-11(9)3-1/h1-6H. The molecule has 3 aromatic rings. The van der Waals surface area contributed by atoms with E-state index < -0.39 is 0 Å². The van der Waals surface area contributed by atoms with Gasteiger partial charge in [0.05, 0.1) is 5.69 Å². The Kier molecular flexibility index (Phi) is 1.85. The first kappa shape index (κ1) is 8.15. The Morgan fingerprint density at radius 1 is 1.21 bits per heavy atom. The zero-order valence-electron chi connectivity index (χ0n) is 7.23. The maximum absolute atomic E-state index is 4.21. The molecular weight excluding hydrogens is 210 g/mol. The molecule has 0 saturated carbocycles. The second-order valence-corrected chi connectivity index (χ2v) is 4.56. The normalized spacial score (nSPS) is 10.9. The maximum Gasteiger partial charge on any atom is 0.152 e. The largest absolute Gasteiger partial charge is 0.233 e. The van der Waals surface area contributed by atoms with Crippen molar-refractivity contribution < 1.29 is 0 Å². The predicted molar refractivity (Wildman–Crippen MR) is 61.8 cm³/mol. The van der Waals surface area contributed by atoms with Crippen molar-refractivity contribution in [2.45, 2.75) is 0 Å². The molecule has 0 bridgehead atoms.